The number of hydrogen-bond acceptors (Lipinski definition) is 3. The van der Waals surface area contributed by atoms with Gasteiger partial charge in [-0.3, -0.25) is 4.79 Å². The van der Waals surface area contributed by atoms with Gasteiger partial charge in [0.15, 0.2) is 0 Å². The van der Waals surface area contributed by atoms with Crippen molar-refractivity contribution in [1.82, 2.24) is 5.32 Å². The fraction of sp³-hybridized carbons (Fsp3) is 0.333. The Labute approximate surface area is 114 Å². The van der Waals surface area contributed by atoms with E-state index >= 15 is 0 Å². The van der Waals surface area contributed by atoms with E-state index in [-0.39, 0.29) is 0 Å². The lowest BCUT2D eigenvalue weighted by atomic mass is 10.2. The van der Waals surface area contributed by atoms with Crippen molar-refractivity contribution in [3.05, 3.63) is 30.1 Å². The van der Waals surface area contributed by atoms with Gasteiger partial charge in [0.2, 0.25) is 5.91 Å². The highest BCUT2D eigenvalue weighted by Gasteiger charge is 2.20. The summed E-state index contributed by atoms with van der Waals surface area (Å²) in [6.07, 6.45) is 1.01. The lowest BCUT2D eigenvalue weighted by molar-refractivity contribution is -0.118. The second-order valence-electron chi connectivity index (χ2n) is 3.78. The van der Waals surface area contributed by atoms with Crippen molar-refractivity contribution in [3.8, 4) is 0 Å². The van der Waals surface area contributed by atoms with E-state index in [1.54, 1.807) is 0 Å². The summed E-state index contributed by atoms with van der Waals surface area (Å²) in [5, 5.41) is 13.4. The fourth-order valence-corrected chi connectivity index (χ4v) is 1.89. The van der Waals surface area contributed by atoms with E-state index in [0.717, 1.165) is 0 Å². The molecule has 0 aliphatic carbocycles. The Kier molecular flexibility index (Phi) is 6.14. The first-order valence-corrected chi connectivity index (χ1v) is 6.97. The molecule has 0 aliphatic rings. The third kappa shape index (κ3) is 5.60. The molecule has 0 spiro atoms. The highest BCUT2D eigenvalue weighted by molar-refractivity contribution is 7.98. The van der Waals surface area contributed by atoms with E-state index in [2.05, 4.69) is 10.6 Å². The van der Waals surface area contributed by atoms with Crippen LogP contribution >= 0.6 is 11.8 Å². The maximum absolute atomic E-state index is 12.7. The molecule has 0 aromatic heterocycles. The Balaban J connectivity index is 2.64. The number of carbonyl (C=O) groups is 2. The summed E-state index contributed by atoms with van der Waals surface area (Å²) in [6.45, 7) is 0. The summed E-state index contributed by atoms with van der Waals surface area (Å²) < 4.78 is 12.7. The third-order valence-electron chi connectivity index (χ3n) is 2.34. The smallest absolute Gasteiger partial charge is 0.405 e. The molecular formula is C12H15FN2O3S. The first kappa shape index (κ1) is 15.3. The van der Waals surface area contributed by atoms with Crippen molar-refractivity contribution in [2.75, 3.05) is 17.3 Å². The minimum Gasteiger partial charge on any atom is -0.465 e. The van der Waals surface area contributed by atoms with Crippen LogP contribution in [-0.2, 0) is 4.79 Å². The third-order valence-corrected chi connectivity index (χ3v) is 2.98. The molecule has 104 valence electrons. The number of benzene rings is 1. The molecule has 0 saturated carbocycles. The predicted molar refractivity (Wildman–Crippen MR) is 73.0 cm³/mol. The van der Waals surface area contributed by atoms with Gasteiger partial charge in [0.05, 0.1) is 0 Å². The second-order valence-corrected chi connectivity index (χ2v) is 4.77. The van der Waals surface area contributed by atoms with Crippen LogP contribution in [0, 0.1) is 5.82 Å². The molecule has 0 bridgehead atoms. The van der Waals surface area contributed by atoms with Crippen molar-refractivity contribution < 1.29 is 19.1 Å². The lowest BCUT2D eigenvalue weighted by Gasteiger charge is -2.16. The molecule has 1 atom stereocenters. The van der Waals surface area contributed by atoms with Crippen LogP contribution in [0.3, 0.4) is 0 Å². The Morgan fingerprint density at radius 2 is 2.00 bits per heavy atom. The molecule has 0 heterocycles. The van der Waals surface area contributed by atoms with Crippen LogP contribution in [0.5, 0.6) is 0 Å². The summed E-state index contributed by atoms with van der Waals surface area (Å²) in [6, 6.07) is 4.45. The Bertz CT molecular complexity index is 439. The molecule has 2 amide bonds. The minimum absolute atomic E-state index is 0.389. The van der Waals surface area contributed by atoms with E-state index in [4.69, 9.17) is 5.11 Å². The van der Waals surface area contributed by atoms with Crippen LogP contribution in [0.2, 0.25) is 0 Å². The maximum atomic E-state index is 12.7. The predicted octanol–water partition coefficient (Wildman–Crippen LogP) is 2.15. The maximum Gasteiger partial charge on any atom is 0.405 e. The van der Waals surface area contributed by atoms with Crippen LogP contribution in [0.15, 0.2) is 24.3 Å². The van der Waals surface area contributed by atoms with Gasteiger partial charge in [0.25, 0.3) is 0 Å². The number of nitrogens with one attached hydrogen (secondary N) is 2. The number of amides is 2. The first-order chi connectivity index (χ1) is 9.02. The summed E-state index contributed by atoms with van der Waals surface area (Å²) in [5.74, 6) is -0.203. The molecule has 5 nitrogen and oxygen atoms in total. The van der Waals surface area contributed by atoms with Crippen molar-refractivity contribution in [1.29, 1.82) is 0 Å². The highest BCUT2D eigenvalue weighted by atomic mass is 32.2. The van der Waals surface area contributed by atoms with Crippen LogP contribution in [0.4, 0.5) is 14.9 Å². The topological polar surface area (TPSA) is 78.4 Å². The zero-order valence-corrected chi connectivity index (χ0v) is 11.2. The molecule has 1 rings (SSSR count). The van der Waals surface area contributed by atoms with E-state index in [1.807, 2.05) is 6.26 Å². The van der Waals surface area contributed by atoms with Gasteiger partial charge >= 0.3 is 6.09 Å². The molecule has 0 fully saturated rings. The lowest BCUT2D eigenvalue weighted by Crippen LogP contribution is -2.43. The van der Waals surface area contributed by atoms with Gasteiger partial charge in [-0.2, -0.15) is 11.8 Å². The number of carboxylic acid groups (broad SMARTS) is 1. The monoisotopic (exact) mass is 286 g/mol. The number of thioether (sulfide) groups is 1. The largest absolute Gasteiger partial charge is 0.465 e. The molecule has 1 aromatic rings. The van der Waals surface area contributed by atoms with E-state index in [1.165, 1.54) is 36.0 Å². The number of anilines is 1. The molecule has 0 saturated heterocycles. The van der Waals surface area contributed by atoms with Crippen LogP contribution in [0.1, 0.15) is 6.42 Å². The van der Waals surface area contributed by atoms with Crippen molar-refractivity contribution in [3.63, 3.8) is 0 Å². The standard InChI is InChI=1S/C12H15FN2O3S/c1-19-7-6-10(15-12(17)18)11(16)14-9-4-2-8(13)3-5-9/h2-5,10,15H,6-7H2,1H3,(H,14,16)(H,17,18). The normalized spacial score (nSPS) is 11.7. The molecule has 1 unspecified atom stereocenters. The average Bonchev–Trinajstić information content (AvgIpc) is 2.36. The summed E-state index contributed by atoms with van der Waals surface area (Å²) in [7, 11) is 0. The van der Waals surface area contributed by atoms with Crippen molar-refractivity contribution >= 4 is 29.4 Å². The molecule has 7 heteroatoms. The number of rotatable bonds is 6. The van der Waals surface area contributed by atoms with Crippen LogP contribution in [0.25, 0.3) is 0 Å². The SMILES string of the molecule is CSCCC(NC(=O)O)C(=O)Nc1ccc(F)cc1. The van der Waals surface area contributed by atoms with Gasteiger partial charge in [0.1, 0.15) is 11.9 Å². The van der Waals surface area contributed by atoms with Gasteiger partial charge in [-0.25, -0.2) is 9.18 Å². The Morgan fingerprint density at radius 3 is 2.53 bits per heavy atom. The summed E-state index contributed by atoms with van der Waals surface area (Å²) in [5.41, 5.74) is 0.424. The van der Waals surface area contributed by atoms with Gasteiger partial charge in [-0.05, 0) is 42.7 Å². The van der Waals surface area contributed by atoms with E-state index < -0.39 is 23.9 Å². The quantitative estimate of drug-likeness (QED) is 0.748. The van der Waals surface area contributed by atoms with Gasteiger partial charge in [-0.1, -0.05) is 0 Å². The van der Waals surface area contributed by atoms with E-state index in [0.29, 0.717) is 17.9 Å². The van der Waals surface area contributed by atoms with Crippen LogP contribution in [-0.4, -0.2) is 35.2 Å². The van der Waals surface area contributed by atoms with Gasteiger partial charge in [-0.15, -0.1) is 0 Å². The minimum atomic E-state index is -1.25. The van der Waals surface area contributed by atoms with E-state index in [9.17, 15) is 14.0 Å². The second kappa shape index (κ2) is 7.63. The molecule has 0 aliphatic heterocycles. The number of halogens is 1. The molecule has 1 aromatic carbocycles. The zero-order chi connectivity index (χ0) is 14.3. The van der Waals surface area contributed by atoms with Crippen molar-refractivity contribution in [2.45, 2.75) is 12.5 Å². The average molecular weight is 286 g/mol. The molecule has 0 radical (unpaired) electrons. The highest BCUT2D eigenvalue weighted by Crippen LogP contribution is 2.10. The molecular weight excluding hydrogens is 271 g/mol. The Morgan fingerprint density at radius 1 is 1.37 bits per heavy atom. The van der Waals surface area contributed by atoms with Crippen molar-refractivity contribution in [2.24, 2.45) is 0 Å². The summed E-state index contributed by atoms with van der Waals surface area (Å²) in [4.78, 5) is 22.5. The first-order valence-electron chi connectivity index (χ1n) is 5.57. The summed E-state index contributed by atoms with van der Waals surface area (Å²) >= 11 is 1.52. The zero-order valence-electron chi connectivity index (χ0n) is 10.4. The molecule has 3 N–H and O–H groups in total. The number of carbonyl (C=O) groups excluding carboxylic acids is 1. The number of hydrogen-bond donors (Lipinski definition) is 3. The molecule has 19 heavy (non-hydrogen) atoms. The van der Waals surface area contributed by atoms with Gasteiger partial charge in [0, 0.05) is 5.69 Å². The van der Waals surface area contributed by atoms with Gasteiger partial charge < -0.3 is 15.7 Å². The fourth-order valence-electron chi connectivity index (χ4n) is 1.42. The van der Waals surface area contributed by atoms with Crippen LogP contribution < -0.4 is 10.6 Å². The Hall–Kier alpha value is -1.76.